The molecule has 0 saturated carbocycles. The van der Waals surface area contributed by atoms with E-state index in [4.69, 9.17) is 0 Å². The molecule has 0 bridgehead atoms. The largest absolute Gasteiger partial charge is 0.368 e. The van der Waals surface area contributed by atoms with E-state index in [9.17, 15) is 9.18 Å². The van der Waals surface area contributed by atoms with Crippen molar-refractivity contribution in [1.82, 2.24) is 20.1 Å². The summed E-state index contributed by atoms with van der Waals surface area (Å²) in [6, 6.07) is 10.5. The fourth-order valence-electron chi connectivity index (χ4n) is 3.45. The lowest BCUT2D eigenvalue weighted by Gasteiger charge is -2.36. The molecule has 1 aromatic carbocycles. The number of hydrogen-bond acceptors (Lipinski definition) is 3. The summed E-state index contributed by atoms with van der Waals surface area (Å²) in [6.45, 7) is 7.73. The third-order valence-electron chi connectivity index (χ3n) is 5.09. The van der Waals surface area contributed by atoms with E-state index >= 15 is 0 Å². The maximum Gasteiger partial charge on any atom is 0.224 e. The van der Waals surface area contributed by atoms with Crippen LogP contribution < -0.4 is 15.5 Å². The van der Waals surface area contributed by atoms with E-state index in [0.717, 1.165) is 44.4 Å². The van der Waals surface area contributed by atoms with E-state index < -0.39 is 0 Å². The molecule has 30 heavy (non-hydrogen) atoms. The number of piperazine rings is 1. The fourth-order valence-corrected chi connectivity index (χ4v) is 3.45. The average Bonchev–Trinajstić information content (AvgIpc) is 3.28. The smallest absolute Gasteiger partial charge is 0.224 e. The molecule has 8 heteroatoms. The van der Waals surface area contributed by atoms with Gasteiger partial charge < -0.3 is 25.0 Å². The van der Waals surface area contributed by atoms with Crippen LogP contribution in [0.15, 0.2) is 53.8 Å². The lowest BCUT2D eigenvalue weighted by molar-refractivity contribution is -0.131. The van der Waals surface area contributed by atoms with Gasteiger partial charge in [0, 0.05) is 70.3 Å². The van der Waals surface area contributed by atoms with Crippen molar-refractivity contribution in [2.24, 2.45) is 4.99 Å². The maximum atomic E-state index is 13.1. The summed E-state index contributed by atoms with van der Waals surface area (Å²) in [7, 11) is 0. The predicted molar refractivity (Wildman–Crippen MR) is 118 cm³/mol. The van der Waals surface area contributed by atoms with Crippen LogP contribution >= 0.6 is 0 Å². The van der Waals surface area contributed by atoms with Gasteiger partial charge in [0.05, 0.1) is 6.54 Å². The van der Waals surface area contributed by atoms with Crippen LogP contribution in [0.5, 0.6) is 0 Å². The van der Waals surface area contributed by atoms with Crippen molar-refractivity contribution in [2.75, 3.05) is 50.7 Å². The van der Waals surface area contributed by atoms with Crippen molar-refractivity contribution < 1.29 is 9.18 Å². The van der Waals surface area contributed by atoms with Gasteiger partial charge in [0.15, 0.2) is 5.96 Å². The quantitative estimate of drug-likeness (QED) is 0.512. The number of aliphatic imine (C=N–C) groups is 1. The first kappa shape index (κ1) is 21.7. The van der Waals surface area contributed by atoms with Crippen LogP contribution in [0.25, 0.3) is 0 Å². The standard InChI is InChI=1S/C22H31FN6O/c1-2-24-22(26-11-14-27-12-3-4-13-27)25-10-9-21(30)29-17-15-28(16-18-29)20-7-5-19(23)6-8-20/h3-8,12-13H,2,9-11,14-18H2,1H3,(H2,24,25,26). The SMILES string of the molecule is CCNC(=NCCC(=O)N1CCN(c2ccc(F)cc2)CC1)NCCn1cccc1. The summed E-state index contributed by atoms with van der Waals surface area (Å²) in [5.74, 6) is 0.628. The molecule has 1 aliphatic rings. The molecular formula is C22H31FN6O. The van der Waals surface area contributed by atoms with Crippen LogP contribution in [-0.2, 0) is 11.3 Å². The van der Waals surface area contributed by atoms with Crippen LogP contribution in [0.2, 0.25) is 0 Å². The third kappa shape index (κ3) is 6.50. The average molecular weight is 415 g/mol. The number of rotatable bonds is 8. The molecule has 2 aromatic rings. The zero-order valence-electron chi connectivity index (χ0n) is 17.6. The summed E-state index contributed by atoms with van der Waals surface area (Å²) < 4.78 is 15.2. The molecule has 1 fully saturated rings. The molecule has 3 rings (SSSR count). The Labute approximate surface area is 177 Å². The van der Waals surface area contributed by atoms with Gasteiger partial charge in [-0.1, -0.05) is 0 Å². The Kier molecular flexibility index (Phi) is 8.11. The molecule has 1 saturated heterocycles. The van der Waals surface area contributed by atoms with Crippen molar-refractivity contribution in [3.05, 3.63) is 54.6 Å². The van der Waals surface area contributed by atoms with Crippen molar-refractivity contribution >= 4 is 17.6 Å². The number of nitrogens with one attached hydrogen (secondary N) is 2. The molecule has 2 N–H and O–H groups in total. The van der Waals surface area contributed by atoms with Gasteiger partial charge in [-0.3, -0.25) is 9.79 Å². The minimum Gasteiger partial charge on any atom is -0.368 e. The van der Waals surface area contributed by atoms with Crippen LogP contribution in [0.4, 0.5) is 10.1 Å². The molecule has 0 aliphatic carbocycles. The van der Waals surface area contributed by atoms with Gasteiger partial charge >= 0.3 is 0 Å². The highest BCUT2D eigenvalue weighted by molar-refractivity contribution is 5.81. The molecule has 1 aliphatic heterocycles. The molecule has 1 aromatic heterocycles. The lowest BCUT2D eigenvalue weighted by atomic mass is 10.2. The number of nitrogens with zero attached hydrogens (tertiary/aromatic N) is 4. The van der Waals surface area contributed by atoms with Crippen LogP contribution in [-0.4, -0.2) is 67.1 Å². The fraction of sp³-hybridized carbons (Fsp3) is 0.455. The third-order valence-corrected chi connectivity index (χ3v) is 5.09. The van der Waals surface area contributed by atoms with E-state index in [2.05, 4.69) is 25.1 Å². The predicted octanol–water partition coefficient (Wildman–Crippen LogP) is 1.92. The van der Waals surface area contributed by atoms with Crippen LogP contribution in [0.1, 0.15) is 13.3 Å². The van der Waals surface area contributed by atoms with E-state index in [1.165, 1.54) is 12.1 Å². The monoisotopic (exact) mass is 414 g/mol. The minimum atomic E-state index is -0.232. The number of carbonyl (C=O) groups excluding carboxylic acids is 1. The normalized spacial score (nSPS) is 14.7. The first-order valence-corrected chi connectivity index (χ1v) is 10.6. The number of halogens is 1. The number of amides is 1. The highest BCUT2D eigenvalue weighted by Crippen LogP contribution is 2.17. The minimum absolute atomic E-state index is 0.126. The molecule has 1 amide bonds. The Bertz CT molecular complexity index is 798. The first-order chi connectivity index (χ1) is 14.7. The van der Waals surface area contributed by atoms with Gasteiger partial charge in [-0.25, -0.2) is 4.39 Å². The van der Waals surface area contributed by atoms with E-state index in [1.807, 2.05) is 36.4 Å². The van der Waals surface area contributed by atoms with E-state index in [1.54, 1.807) is 12.1 Å². The van der Waals surface area contributed by atoms with Gasteiger partial charge in [0.2, 0.25) is 5.91 Å². The second kappa shape index (κ2) is 11.2. The zero-order chi connectivity index (χ0) is 21.2. The van der Waals surface area contributed by atoms with Gasteiger partial charge in [-0.05, 0) is 43.3 Å². The van der Waals surface area contributed by atoms with Crippen LogP contribution in [0.3, 0.4) is 0 Å². The summed E-state index contributed by atoms with van der Waals surface area (Å²) in [5.41, 5.74) is 0.995. The molecule has 0 atom stereocenters. The Hall–Kier alpha value is -3.03. The second-order valence-corrected chi connectivity index (χ2v) is 7.20. The zero-order valence-corrected chi connectivity index (χ0v) is 17.6. The summed E-state index contributed by atoms with van der Waals surface area (Å²) in [4.78, 5) is 21.1. The van der Waals surface area contributed by atoms with Crippen molar-refractivity contribution in [2.45, 2.75) is 19.9 Å². The number of carbonyl (C=O) groups is 1. The number of hydrogen-bond donors (Lipinski definition) is 2. The Morgan fingerprint density at radius 2 is 1.77 bits per heavy atom. The highest BCUT2D eigenvalue weighted by Gasteiger charge is 2.20. The second-order valence-electron chi connectivity index (χ2n) is 7.20. The van der Waals surface area contributed by atoms with E-state index in [0.29, 0.717) is 26.1 Å². The molecule has 0 radical (unpaired) electrons. The number of guanidine groups is 1. The topological polar surface area (TPSA) is 64.9 Å². The van der Waals surface area contributed by atoms with Gasteiger partial charge in [-0.15, -0.1) is 0 Å². The van der Waals surface area contributed by atoms with E-state index in [-0.39, 0.29) is 11.7 Å². The Morgan fingerprint density at radius 3 is 2.43 bits per heavy atom. The Balaban J connectivity index is 1.39. The lowest BCUT2D eigenvalue weighted by Crippen LogP contribution is -2.49. The molecule has 7 nitrogen and oxygen atoms in total. The summed E-state index contributed by atoms with van der Waals surface area (Å²) in [5, 5.41) is 6.52. The van der Waals surface area contributed by atoms with Crippen molar-refractivity contribution in [3.8, 4) is 0 Å². The highest BCUT2D eigenvalue weighted by atomic mass is 19.1. The van der Waals surface area contributed by atoms with Crippen molar-refractivity contribution in [3.63, 3.8) is 0 Å². The summed E-state index contributed by atoms with van der Waals surface area (Å²) >= 11 is 0. The molecule has 2 heterocycles. The molecule has 0 unspecified atom stereocenters. The maximum absolute atomic E-state index is 13.1. The molecular weight excluding hydrogens is 383 g/mol. The molecule has 0 spiro atoms. The van der Waals surface area contributed by atoms with Crippen molar-refractivity contribution in [1.29, 1.82) is 0 Å². The first-order valence-electron chi connectivity index (χ1n) is 10.6. The van der Waals surface area contributed by atoms with Gasteiger partial charge in [0.1, 0.15) is 5.82 Å². The molecule has 162 valence electrons. The van der Waals surface area contributed by atoms with Crippen LogP contribution in [0, 0.1) is 5.82 Å². The number of benzene rings is 1. The number of anilines is 1. The Morgan fingerprint density at radius 1 is 1.07 bits per heavy atom. The number of aromatic nitrogens is 1. The summed E-state index contributed by atoms with van der Waals surface area (Å²) in [6.07, 6.45) is 4.45. The van der Waals surface area contributed by atoms with Gasteiger partial charge in [0.25, 0.3) is 0 Å². The van der Waals surface area contributed by atoms with Gasteiger partial charge in [-0.2, -0.15) is 0 Å².